The summed E-state index contributed by atoms with van der Waals surface area (Å²) in [5.74, 6) is 0. The van der Waals surface area contributed by atoms with Gasteiger partial charge in [0, 0.05) is 16.7 Å². The second kappa shape index (κ2) is 7.31. The van der Waals surface area contributed by atoms with Gasteiger partial charge in [-0.3, -0.25) is 0 Å². The van der Waals surface area contributed by atoms with E-state index in [1.165, 1.54) is 11.1 Å². The summed E-state index contributed by atoms with van der Waals surface area (Å²) in [5, 5.41) is 3.34. The molecular weight excluding hydrogens is 302 g/mol. The van der Waals surface area contributed by atoms with Gasteiger partial charge in [-0.05, 0) is 36.8 Å². The Morgan fingerprint density at radius 1 is 1.11 bits per heavy atom. The van der Waals surface area contributed by atoms with E-state index in [0.717, 1.165) is 16.7 Å². The van der Waals surface area contributed by atoms with Gasteiger partial charge in [0.1, 0.15) is 0 Å². The number of benzene rings is 2. The number of rotatable bonds is 6. The molecule has 1 N–H and O–H groups in total. The average Bonchev–Trinajstić information content (AvgIpc) is 2.41. The number of hydrogen-bond acceptors (Lipinski definition) is 2. The summed E-state index contributed by atoms with van der Waals surface area (Å²) in [7, 11) is 0. The number of halogens is 1. The summed E-state index contributed by atoms with van der Waals surface area (Å²) in [6.07, 6.45) is 0. The molecule has 0 amide bonds. The molecule has 0 unspecified atom stereocenters. The molecule has 0 aromatic heterocycles. The molecule has 2 aromatic carbocycles. The first kappa shape index (κ1) is 14.1. The number of anilines is 1. The molecule has 100 valence electrons. The van der Waals surface area contributed by atoms with Crippen molar-refractivity contribution in [3.63, 3.8) is 0 Å². The van der Waals surface area contributed by atoms with E-state index in [2.05, 4.69) is 64.6 Å². The van der Waals surface area contributed by atoms with Crippen molar-refractivity contribution in [1.29, 1.82) is 0 Å². The predicted octanol–water partition coefficient (Wildman–Crippen LogP) is 4.39. The molecule has 2 rings (SSSR count). The van der Waals surface area contributed by atoms with Gasteiger partial charge in [0.15, 0.2) is 0 Å². The van der Waals surface area contributed by atoms with Crippen LogP contribution in [0.5, 0.6) is 0 Å². The van der Waals surface area contributed by atoms with E-state index in [0.29, 0.717) is 13.2 Å². The van der Waals surface area contributed by atoms with Gasteiger partial charge in [-0.1, -0.05) is 45.8 Å². The maximum absolute atomic E-state index is 5.64. The van der Waals surface area contributed by atoms with Gasteiger partial charge >= 0.3 is 0 Å². The maximum atomic E-state index is 5.64. The molecule has 2 nitrogen and oxygen atoms in total. The van der Waals surface area contributed by atoms with Gasteiger partial charge in [-0.2, -0.15) is 0 Å². The fourth-order valence-electron chi connectivity index (χ4n) is 1.76. The Hall–Kier alpha value is -1.32. The quantitative estimate of drug-likeness (QED) is 0.797. The molecule has 0 aliphatic heterocycles. The largest absolute Gasteiger partial charge is 0.383 e. The molecule has 0 saturated heterocycles. The zero-order chi connectivity index (χ0) is 13.5. The van der Waals surface area contributed by atoms with Crippen LogP contribution >= 0.6 is 15.9 Å². The minimum absolute atomic E-state index is 0.648. The van der Waals surface area contributed by atoms with Gasteiger partial charge in [0.2, 0.25) is 0 Å². The minimum Gasteiger partial charge on any atom is -0.383 e. The standard InChI is InChI=1S/C16H18BrNO/c1-13-5-7-16(8-6-13)18-9-10-19-12-14-3-2-4-15(17)11-14/h2-8,11,18H,9-10,12H2,1H3. The van der Waals surface area contributed by atoms with E-state index in [1.54, 1.807) is 0 Å². The summed E-state index contributed by atoms with van der Waals surface area (Å²) in [5.41, 5.74) is 3.60. The smallest absolute Gasteiger partial charge is 0.0718 e. The molecule has 0 spiro atoms. The van der Waals surface area contributed by atoms with Crippen LogP contribution in [-0.4, -0.2) is 13.2 Å². The first-order valence-corrected chi connectivity index (χ1v) is 7.16. The third kappa shape index (κ3) is 5.05. The normalized spacial score (nSPS) is 10.4. The summed E-state index contributed by atoms with van der Waals surface area (Å²) < 4.78 is 6.73. The highest BCUT2D eigenvalue weighted by Gasteiger charge is 1.95. The second-order valence-electron chi connectivity index (χ2n) is 4.48. The molecule has 0 atom stereocenters. The Morgan fingerprint density at radius 3 is 2.63 bits per heavy atom. The predicted molar refractivity (Wildman–Crippen MR) is 83.5 cm³/mol. The van der Waals surface area contributed by atoms with Gasteiger partial charge in [-0.25, -0.2) is 0 Å². The molecule has 0 fully saturated rings. The summed E-state index contributed by atoms with van der Waals surface area (Å²) in [6, 6.07) is 16.6. The number of aryl methyl sites for hydroxylation is 1. The van der Waals surface area contributed by atoms with Crippen molar-refractivity contribution in [1.82, 2.24) is 0 Å². The lowest BCUT2D eigenvalue weighted by Crippen LogP contribution is -2.09. The van der Waals surface area contributed by atoms with Crippen molar-refractivity contribution in [2.45, 2.75) is 13.5 Å². The third-order valence-electron chi connectivity index (χ3n) is 2.78. The van der Waals surface area contributed by atoms with Gasteiger partial charge < -0.3 is 10.1 Å². The summed E-state index contributed by atoms with van der Waals surface area (Å²) in [4.78, 5) is 0. The molecule has 3 heteroatoms. The lowest BCUT2D eigenvalue weighted by atomic mass is 10.2. The van der Waals surface area contributed by atoms with Crippen LogP contribution in [0.1, 0.15) is 11.1 Å². The van der Waals surface area contributed by atoms with Crippen LogP contribution in [-0.2, 0) is 11.3 Å². The third-order valence-corrected chi connectivity index (χ3v) is 3.28. The molecule has 0 heterocycles. The molecule has 0 bridgehead atoms. The molecule has 0 saturated carbocycles. The van der Waals surface area contributed by atoms with E-state index in [4.69, 9.17) is 4.74 Å². The van der Waals surface area contributed by atoms with Crippen molar-refractivity contribution in [2.24, 2.45) is 0 Å². The fraction of sp³-hybridized carbons (Fsp3) is 0.250. The zero-order valence-electron chi connectivity index (χ0n) is 11.0. The fourth-order valence-corrected chi connectivity index (χ4v) is 2.20. The number of nitrogens with one attached hydrogen (secondary N) is 1. The highest BCUT2D eigenvalue weighted by atomic mass is 79.9. The topological polar surface area (TPSA) is 21.3 Å². The molecular formula is C16H18BrNO. The van der Waals surface area contributed by atoms with E-state index < -0.39 is 0 Å². The van der Waals surface area contributed by atoms with Gasteiger partial charge in [-0.15, -0.1) is 0 Å². The van der Waals surface area contributed by atoms with E-state index in [-0.39, 0.29) is 0 Å². The Bertz CT molecular complexity index is 510. The Kier molecular flexibility index (Phi) is 5.43. The maximum Gasteiger partial charge on any atom is 0.0718 e. The van der Waals surface area contributed by atoms with Crippen LogP contribution in [0.25, 0.3) is 0 Å². The van der Waals surface area contributed by atoms with Gasteiger partial charge in [0.05, 0.1) is 13.2 Å². The van der Waals surface area contributed by atoms with Crippen LogP contribution in [0, 0.1) is 6.92 Å². The van der Waals surface area contributed by atoms with Crippen molar-refractivity contribution < 1.29 is 4.74 Å². The molecule has 0 aliphatic rings. The first-order chi connectivity index (χ1) is 9.24. The van der Waals surface area contributed by atoms with Crippen molar-refractivity contribution in [2.75, 3.05) is 18.5 Å². The van der Waals surface area contributed by atoms with Crippen LogP contribution < -0.4 is 5.32 Å². The highest BCUT2D eigenvalue weighted by Crippen LogP contribution is 2.12. The van der Waals surface area contributed by atoms with Crippen LogP contribution in [0.3, 0.4) is 0 Å². The van der Waals surface area contributed by atoms with E-state index in [9.17, 15) is 0 Å². The van der Waals surface area contributed by atoms with Crippen molar-refractivity contribution in [3.05, 3.63) is 64.1 Å². The van der Waals surface area contributed by atoms with Crippen molar-refractivity contribution in [3.8, 4) is 0 Å². The van der Waals surface area contributed by atoms with Crippen molar-refractivity contribution >= 4 is 21.6 Å². The van der Waals surface area contributed by atoms with Gasteiger partial charge in [0.25, 0.3) is 0 Å². The van der Waals surface area contributed by atoms with Crippen LogP contribution in [0.4, 0.5) is 5.69 Å². The second-order valence-corrected chi connectivity index (χ2v) is 5.39. The average molecular weight is 320 g/mol. The zero-order valence-corrected chi connectivity index (χ0v) is 12.6. The summed E-state index contributed by atoms with van der Waals surface area (Å²) in [6.45, 7) is 4.25. The Morgan fingerprint density at radius 2 is 1.89 bits per heavy atom. The minimum atomic E-state index is 0.648. The molecule has 2 aromatic rings. The molecule has 0 aliphatic carbocycles. The number of hydrogen-bond donors (Lipinski definition) is 1. The SMILES string of the molecule is Cc1ccc(NCCOCc2cccc(Br)c2)cc1. The summed E-state index contributed by atoms with van der Waals surface area (Å²) >= 11 is 3.45. The number of ether oxygens (including phenoxy) is 1. The molecule has 0 radical (unpaired) electrons. The van der Waals surface area contributed by atoms with Crippen LogP contribution in [0.15, 0.2) is 53.0 Å². The lowest BCUT2D eigenvalue weighted by Gasteiger charge is -2.08. The Labute approximate surface area is 122 Å². The van der Waals surface area contributed by atoms with Crippen LogP contribution in [0.2, 0.25) is 0 Å². The lowest BCUT2D eigenvalue weighted by molar-refractivity contribution is 0.130. The Balaban J connectivity index is 1.66. The van der Waals surface area contributed by atoms with E-state index in [1.807, 2.05) is 12.1 Å². The first-order valence-electron chi connectivity index (χ1n) is 6.37. The molecule has 19 heavy (non-hydrogen) atoms. The highest BCUT2D eigenvalue weighted by molar-refractivity contribution is 9.10. The monoisotopic (exact) mass is 319 g/mol. The van der Waals surface area contributed by atoms with E-state index >= 15 is 0 Å².